The van der Waals surface area contributed by atoms with Crippen LogP contribution in [0.25, 0.3) is 0 Å². The Balaban J connectivity index is 3.11. The summed E-state index contributed by atoms with van der Waals surface area (Å²) in [5, 5.41) is 0. The molecule has 1 aromatic rings. The van der Waals surface area contributed by atoms with Gasteiger partial charge in [-0.2, -0.15) is 0 Å². The zero-order valence-electron chi connectivity index (χ0n) is 11.9. The summed E-state index contributed by atoms with van der Waals surface area (Å²) in [4.78, 5) is 13.8. The van der Waals surface area contributed by atoms with E-state index in [0.717, 1.165) is 12.1 Å². The van der Waals surface area contributed by atoms with Crippen molar-refractivity contribution in [3.8, 4) is 0 Å². The number of nitrogens with two attached hydrogens (primary N) is 1. The zero-order chi connectivity index (χ0) is 15.0. The zero-order valence-corrected chi connectivity index (χ0v) is 11.9. The van der Waals surface area contributed by atoms with Crippen LogP contribution in [0.4, 0.5) is 14.5 Å². The topological polar surface area (TPSA) is 46.3 Å². The number of rotatable bonds is 2. The molecule has 0 saturated carbocycles. The monoisotopic (exact) mass is 270 g/mol. The van der Waals surface area contributed by atoms with Gasteiger partial charge >= 0.3 is 0 Å². The second-order valence-corrected chi connectivity index (χ2v) is 5.81. The van der Waals surface area contributed by atoms with Gasteiger partial charge in [-0.3, -0.25) is 4.79 Å². The average molecular weight is 270 g/mol. The lowest BCUT2D eigenvalue weighted by atomic mass is 9.87. The van der Waals surface area contributed by atoms with Crippen molar-refractivity contribution >= 4 is 11.6 Å². The Morgan fingerprint density at radius 1 is 1.26 bits per heavy atom. The predicted octanol–water partition coefficient (Wildman–Crippen LogP) is 3.05. The molecule has 0 bridgehead atoms. The van der Waals surface area contributed by atoms with E-state index < -0.39 is 17.5 Å². The van der Waals surface area contributed by atoms with Crippen molar-refractivity contribution in [2.45, 2.75) is 33.7 Å². The number of nitrogens with zero attached hydrogens (tertiary/aromatic N) is 1. The first kappa shape index (κ1) is 15.4. The maximum Gasteiger partial charge on any atom is 0.256 e. The SMILES string of the molecule is CC(N(C)C(=O)c1cc(F)c(F)cc1N)C(C)(C)C. The molecule has 0 radical (unpaired) electrons. The number of halogens is 2. The van der Waals surface area contributed by atoms with Gasteiger partial charge in [0, 0.05) is 24.8 Å². The number of amides is 1. The second kappa shape index (κ2) is 5.15. The van der Waals surface area contributed by atoms with E-state index in [4.69, 9.17) is 5.73 Å². The Bertz CT molecular complexity index is 495. The number of anilines is 1. The molecule has 1 unspecified atom stereocenters. The molecular weight excluding hydrogens is 250 g/mol. The number of hydrogen-bond donors (Lipinski definition) is 1. The quantitative estimate of drug-likeness (QED) is 0.839. The molecule has 0 aliphatic heterocycles. The molecule has 2 N–H and O–H groups in total. The molecular formula is C14H20F2N2O. The third-order valence-corrected chi connectivity index (χ3v) is 3.48. The summed E-state index contributed by atoms with van der Waals surface area (Å²) < 4.78 is 26.2. The summed E-state index contributed by atoms with van der Waals surface area (Å²) in [5.41, 5.74) is 5.38. The number of nitrogen functional groups attached to an aromatic ring is 1. The van der Waals surface area contributed by atoms with Crippen LogP contribution in [0.1, 0.15) is 38.1 Å². The molecule has 0 spiro atoms. The highest BCUT2D eigenvalue weighted by atomic mass is 19.2. The predicted molar refractivity (Wildman–Crippen MR) is 71.8 cm³/mol. The first-order valence-electron chi connectivity index (χ1n) is 6.07. The van der Waals surface area contributed by atoms with Crippen molar-refractivity contribution in [3.05, 3.63) is 29.3 Å². The summed E-state index contributed by atoms with van der Waals surface area (Å²) in [5.74, 6) is -2.55. The second-order valence-electron chi connectivity index (χ2n) is 5.81. The van der Waals surface area contributed by atoms with Crippen LogP contribution in [0, 0.1) is 17.0 Å². The number of hydrogen-bond acceptors (Lipinski definition) is 2. The van der Waals surface area contributed by atoms with Crippen LogP contribution in [0.15, 0.2) is 12.1 Å². The Kier molecular flexibility index (Phi) is 4.18. The molecule has 0 aliphatic rings. The molecule has 106 valence electrons. The van der Waals surface area contributed by atoms with Gasteiger partial charge in [0.1, 0.15) is 0 Å². The first-order valence-corrected chi connectivity index (χ1v) is 6.07. The van der Waals surface area contributed by atoms with E-state index in [1.807, 2.05) is 27.7 Å². The summed E-state index contributed by atoms with van der Waals surface area (Å²) in [6.07, 6.45) is 0. The van der Waals surface area contributed by atoms with Gasteiger partial charge in [0.25, 0.3) is 5.91 Å². The molecule has 5 heteroatoms. The maximum absolute atomic E-state index is 13.2. The molecule has 1 atom stereocenters. The van der Waals surface area contributed by atoms with Crippen LogP contribution in [-0.4, -0.2) is 23.9 Å². The van der Waals surface area contributed by atoms with Crippen LogP contribution in [0.3, 0.4) is 0 Å². The number of benzene rings is 1. The van der Waals surface area contributed by atoms with Gasteiger partial charge in [-0.15, -0.1) is 0 Å². The third-order valence-electron chi connectivity index (χ3n) is 3.48. The van der Waals surface area contributed by atoms with Crippen LogP contribution < -0.4 is 5.73 Å². The molecule has 0 aromatic heterocycles. The standard InChI is InChI=1S/C14H20F2N2O/c1-8(14(2,3)4)18(5)13(19)9-6-10(15)11(16)7-12(9)17/h6-8H,17H2,1-5H3. The summed E-state index contributed by atoms with van der Waals surface area (Å²) in [6.45, 7) is 7.89. The van der Waals surface area contributed by atoms with E-state index >= 15 is 0 Å². The molecule has 1 amide bonds. The first-order chi connectivity index (χ1) is 8.55. The Hall–Kier alpha value is -1.65. The fourth-order valence-electron chi connectivity index (χ4n) is 1.69. The van der Waals surface area contributed by atoms with E-state index in [1.165, 1.54) is 4.90 Å². The minimum atomic E-state index is -1.07. The fourth-order valence-corrected chi connectivity index (χ4v) is 1.69. The van der Waals surface area contributed by atoms with Crippen LogP contribution >= 0.6 is 0 Å². The van der Waals surface area contributed by atoms with Gasteiger partial charge in [-0.05, 0) is 18.4 Å². The summed E-state index contributed by atoms with van der Waals surface area (Å²) >= 11 is 0. The molecule has 1 aromatic carbocycles. The van der Waals surface area contributed by atoms with Gasteiger partial charge in [-0.1, -0.05) is 20.8 Å². The van der Waals surface area contributed by atoms with Crippen LogP contribution in [-0.2, 0) is 0 Å². The normalized spacial score (nSPS) is 13.2. The average Bonchev–Trinajstić information content (AvgIpc) is 2.29. The van der Waals surface area contributed by atoms with Crippen molar-refractivity contribution in [1.29, 1.82) is 0 Å². The van der Waals surface area contributed by atoms with Crippen molar-refractivity contribution in [1.82, 2.24) is 4.90 Å². The molecule has 0 aliphatic carbocycles. The van der Waals surface area contributed by atoms with Crippen LogP contribution in [0.2, 0.25) is 0 Å². The summed E-state index contributed by atoms with van der Waals surface area (Å²) in [7, 11) is 1.62. The van der Waals surface area contributed by atoms with Crippen molar-refractivity contribution in [2.24, 2.45) is 5.41 Å². The third kappa shape index (κ3) is 3.22. The minimum Gasteiger partial charge on any atom is -0.398 e. The highest BCUT2D eigenvalue weighted by Gasteiger charge is 2.28. The van der Waals surface area contributed by atoms with E-state index in [-0.39, 0.29) is 22.7 Å². The van der Waals surface area contributed by atoms with Gasteiger partial charge < -0.3 is 10.6 Å². The van der Waals surface area contributed by atoms with Gasteiger partial charge in [0.05, 0.1) is 5.56 Å². The van der Waals surface area contributed by atoms with E-state index in [2.05, 4.69) is 0 Å². The lowest BCUT2D eigenvalue weighted by molar-refractivity contribution is 0.0629. The lowest BCUT2D eigenvalue weighted by Gasteiger charge is -2.35. The molecule has 19 heavy (non-hydrogen) atoms. The van der Waals surface area contributed by atoms with E-state index in [0.29, 0.717) is 0 Å². The largest absolute Gasteiger partial charge is 0.398 e. The minimum absolute atomic E-state index is 0.0162. The fraction of sp³-hybridized carbons (Fsp3) is 0.500. The van der Waals surface area contributed by atoms with Crippen molar-refractivity contribution in [2.75, 3.05) is 12.8 Å². The van der Waals surface area contributed by atoms with E-state index in [1.54, 1.807) is 7.05 Å². The highest BCUT2D eigenvalue weighted by molar-refractivity contribution is 5.99. The molecule has 3 nitrogen and oxygen atoms in total. The molecule has 0 saturated heterocycles. The Labute approximate surface area is 112 Å². The Morgan fingerprint density at radius 3 is 2.21 bits per heavy atom. The van der Waals surface area contributed by atoms with Gasteiger partial charge in [-0.25, -0.2) is 8.78 Å². The lowest BCUT2D eigenvalue weighted by Crippen LogP contribution is -2.43. The number of carbonyl (C=O) groups is 1. The van der Waals surface area contributed by atoms with Crippen molar-refractivity contribution < 1.29 is 13.6 Å². The van der Waals surface area contributed by atoms with Crippen LogP contribution in [0.5, 0.6) is 0 Å². The molecule has 0 fully saturated rings. The molecule has 1 rings (SSSR count). The Morgan fingerprint density at radius 2 is 1.74 bits per heavy atom. The maximum atomic E-state index is 13.2. The van der Waals surface area contributed by atoms with E-state index in [9.17, 15) is 13.6 Å². The number of carbonyl (C=O) groups excluding carboxylic acids is 1. The summed E-state index contributed by atoms with van der Waals surface area (Å²) in [6, 6.07) is 1.60. The van der Waals surface area contributed by atoms with Crippen molar-refractivity contribution in [3.63, 3.8) is 0 Å². The van der Waals surface area contributed by atoms with Gasteiger partial charge in [0.15, 0.2) is 11.6 Å². The highest BCUT2D eigenvalue weighted by Crippen LogP contribution is 2.26. The van der Waals surface area contributed by atoms with Gasteiger partial charge in [0.2, 0.25) is 0 Å². The molecule has 0 heterocycles. The smallest absolute Gasteiger partial charge is 0.256 e.